The predicted octanol–water partition coefficient (Wildman–Crippen LogP) is 19.2. The van der Waals surface area contributed by atoms with Crippen LogP contribution in [0.15, 0.2) is 255 Å². The lowest BCUT2D eigenvalue weighted by molar-refractivity contribution is 1.44. The summed E-state index contributed by atoms with van der Waals surface area (Å²) in [6, 6.07) is 63.2. The van der Waals surface area contributed by atoms with Gasteiger partial charge in [0.25, 0.3) is 0 Å². The molecule has 2 aliphatic carbocycles. The van der Waals surface area contributed by atoms with Gasteiger partial charge in [0.05, 0.1) is 0 Å². The van der Waals surface area contributed by atoms with Crippen LogP contribution in [0, 0.1) is 0 Å². The Hall–Kier alpha value is -8.58. The zero-order valence-corrected chi connectivity index (χ0v) is 38.5. The third kappa shape index (κ3) is 6.01. The number of hydrogen-bond acceptors (Lipinski definition) is 0. The van der Waals surface area contributed by atoms with Crippen LogP contribution in [0.3, 0.4) is 0 Å². The van der Waals surface area contributed by atoms with E-state index < -0.39 is 0 Å². The first-order valence-corrected chi connectivity index (χ1v) is 23.5. The van der Waals surface area contributed by atoms with Crippen LogP contribution in [0.4, 0.5) is 0 Å². The average molecular weight is 865 g/mol. The van der Waals surface area contributed by atoms with Gasteiger partial charge in [0.1, 0.15) is 0 Å². The lowest BCUT2D eigenvalue weighted by Crippen LogP contribution is -1.95. The molecule has 0 unspecified atom stereocenters. The second-order valence-electron chi connectivity index (χ2n) is 18.1. The summed E-state index contributed by atoms with van der Waals surface area (Å²) in [5.74, 6) is 0. The van der Waals surface area contributed by atoms with Gasteiger partial charge in [-0.25, -0.2) is 0 Å². The molecule has 0 nitrogen and oxygen atoms in total. The van der Waals surface area contributed by atoms with E-state index in [1.54, 1.807) is 6.08 Å². The van der Waals surface area contributed by atoms with Crippen molar-refractivity contribution in [3.8, 4) is 66.8 Å². The Kier molecular flexibility index (Phi) is 9.67. The maximum absolute atomic E-state index is 4.79. The normalized spacial score (nSPS) is 13.0. The molecule has 0 radical (unpaired) electrons. The minimum atomic E-state index is 0.843. The van der Waals surface area contributed by atoms with Crippen molar-refractivity contribution in [2.24, 2.45) is 0 Å². The van der Waals surface area contributed by atoms with Crippen molar-refractivity contribution >= 4 is 54.2 Å². The van der Waals surface area contributed by atoms with Crippen LogP contribution in [0.2, 0.25) is 0 Å². The van der Waals surface area contributed by atoms with Gasteiger partial charge in [-0.3, -0.25) is 0 Å². The Morgan fingerprint density at radius 1 is 0.397 bits per heavy atom. The molecular formula is C68H48. The molecule has 10 aromatic carbocycles. The van der Waals surface area contributed by atoms with E-state index in [-0.39, 0.29) is 0 Å². The highest BCUT2D eigenvalue weighted by Gasteiger charge is 2.36. The van der Waals surface area contributed by atoms with Crippen molar-refractivity contribution in [2.45, 2.75) is 13.8 Å². The Morgan fingerprint density at radius 3 is 1.25 bits per heavy atom. The highest BCUT2D eigenvalue weighted by molar-refractivity contribution is 6.42. The second kappa shape index (κ2) is 16.1. The van der Waals surface area contributed by atoms with Crippen LogP contribution in [0.5, 0.6) is 0 Å². The van der Waals surface area contributed by atoms with E-state index in [1.165, 1.54) is 115 Å². The van der Waals surface area contributed by atoms with Crippen LogP contribution < -0.4 is 0 Å². The fraction of sp³-hybridized carbons (Fsp3) is 0.0294. The lowest BCUT2D eigenvalue weighted by Gasteiger charge is -2.21. The van der Waals surface area contributed by atoms with Crippen LogP contribution in [0.1, 0.15) is 25.0 Å². The smallest absolute Gasteiger partial charge is 0.0000922 e. The predicted molar refractivity (Wildman–Crippen MR) is 296 cm³/mol. The molecule has 0 atom stereocenters. The van der Waals surface area contributed by atoms with Crippen LogP contribution >= 0.6 is 0 Å². The Labute approximate surface area is 398 Å². The molecule has 0 saturated carbocycles. The molecule has 2 aliphatic rings. The van der Waals surface area contributed by atoms with Crippen LogP contribution in [0.25, 0.3) is 121 Å². The monoisotopic (exact) mass is 864 g/mol. The summed E-state index contributed by atoms with van der Waals surface area (Å²) in [5.41, 5.74) is 23.2. The van der Waals surface area contributed by atoms with E-state index in [9.17, 15) is 0 Å². The first kappa shape index (κ1) is 40.9. The maximum atomic E-state index is 4.79. The zero-order valence-electron chi connectivity index (χ0n) is 38.5. The number of hydrogen-bond donors (Lipinski definition) is 0. The molecule has 320 valence electrons. The number of benzene rings is 10. The third-order valence-corrected chi connectivity index (χ3v) is 14.4. The molecule has 0 heteroatoms. The van der Waals surface area contributed by atoms with Gasteiger partial charge in [0, 0.05) is 0 Å². The number of allylic oxidation sites excluding steroid dienone is 12. The van der Waals surface area contributed by atoms with Gasteiger partial charge in [0.2, 0.25) is 0 Å². The summed E-state index contributed by atoms with van der Waals surface area (Å²) >= 11 is 0. The highest BCUT2D eigenvalue weighted by Crippen LogP contribution is 2.63. The van der Waals surface area contributed by atoms with Gasteiger partial charge in [-0.15, -0.1) is 0 Å². The first-order chi connectivity index (χ1) is 33.4. The summed E-state index contributed by atoms with van der Waals surface area (Å²) in [4.78, 5) is 0. The number of fused-ring (bicyclic) bond motifs is 5. The molecule has 0 heterocycles. The topological polar surface area (TPSA) is 0 Å². The van der Waals surface area contributed by atoms with E-state index in [0.29, 0.717) is 0 Å². The van der Waals surface area contributed by atoms with E-state index in [0.717, 1.165) is 39.0 Å². The van der Waals surface area contributed by atoms with Crippen molar-refractivity contribution < 1.29 is 0 Å². The van der Waals surface area contributed by atoms with Crippen molar-refractivity contribution in [3.05, 3.63) is 266 Å². The van der Waals surface area contributed by atoms with E-state index in [1.807, 2.05) is 19.1 Å². The summed E-state index contributed by atoms with van der Waals surface area (Å²) in [6.07, 6.45) is 12.0. The molecule has 10 aromatic rings. The Balaban J connectivity index is 1.28. The molecule has 0 fully saturated rings. The van der Waals surface area contributed by atoms with Gasteiger partial charge >= 0.3 is 0 Å². The Morgan fingerprint density at radius 2 is 0.809 bits per heavy atom. The van der Waals surface area contributed by atoms with Crippen LogP contribution in [-0.4, -0.2) is 0 Å². The summed E-state index contributed by atoms with van der Waals surface area (Å²) in [7, 11) is 0. The van der Waals surface area contributed by atoms with Gasteiger partial charge in [-0.2, -0.15) is 0 Å². The van der Waals surface area contributed by atoms with Crippen molar-refractivity contribution in [1.82, 2.24) is 0 Å². The fourth-order valence-electron chi connectivity index (χ4n) is 11.4. The third-order valence-electron chi connectivity index (χ3n) is 14.4. The molecule has 12 rings (SSSR count). The zero-order chi connectivity index (χ0) is 46.2. The minimum absolute atomic E-state index is 0.843. The minimum Gasteiger partial charge on any atom is -0.0991 e. The second-order valence-corrected chi connectivity index (χ2v) is 18.1. The largest absolute Gasteiger partial charge is 0.0991 e. The molecule has 68 heavy (non-hydrogen) atoms. The SMILES string of the molecule is C=C/C=C\C(=C)C(=C)C1=C(C(=C)/C(C)=C/C=C\C)c2ccc3c4cc(-c5ccccc5)c5c6c(c(-c7ccccc7)cc(c7ccc1c2c73)c64)-c1c(-c2ccccc2)ccc(-c2ccccc2)c1-5. The standard InChI is InChI=1S/C68H48/c1-7-9-23-41(3)43(5)59-53-37-35-51-57-39-55(47-29-19-13-20-30-47)66-64-49(45-25-15-11-16-26-45)33-34-50(46-27-17-12-18-28-46)65(64)67-56(48-31-21-14-22-32-48)40-58(63(57)68(66)67)52-36-38-54(62(53)61(51)52)60(59)44(6)42(4)24-10-8-2/h7-40H,1,3,5-6H2,2,4H3/b10-8-,23-9-,42-24+. The first-order valence-electron chi connectivity index (χ1n) is 23.5. The van der Waals surface area contributed by atoms with Crippen molar-refractivity contribution in [2.75, 3.05) is 0 Å². The lowest BCUT2D eigenvalue weighted by atomic mass is 9.81. The maximum Gasteiger partial charge on any atom is -0.0000922 e. The van der Waals surface area contributed by atoms with Gasteiger partial charge in [-0.05, 0) is 180 Å². The number of rotatable bonds is 11. The average Bonchev–Trinajstić information content (AvgIpc) is 3.93. The molecular weight excluding hydrogens is 817 g/mol. The fourth-order valence-corrected chi connectivity index (χ4v) is 11.4. The highest BCUT2D eigenvalue weighted by atomic mass is 14.4. The van der Waals surface area contributed by atoms with Gasteiger partial charge in [-0.1, -0.05) is 220 Å². The Bertz CT molecular complexity index is 3760. The van der Waals surface area contributed by atoms with E-state index >= 15 is 0 Å². The van der Waals surface area contributed by atoms with E-state index in [2.05, 4.69) is 208 Å². The van der Waals surface area contributed by atoms with Crippen molar-refractivity contribution in [3.63, 3.8) is 0 Å². The molecule has 0 spiro atoms. The molecule has 0 N–H and O–H groups in total. The summed E-state index contributed by atoms with van der Waals surface area (Å²) in [6.45, 7) is 22.2. The van der Waals surface area contributed by atoms with Crippen molar-refractivity contribution in [1.29, 1.82) is 0 Å². The molecule has 0 saturated heterocycles. The van der Waals surface area contributed by atoms with Gasteiger partial charge < -0.3 is 0 Å². The quantitative estimate of drug-likeness (QED) is 0.0690. The molecule has 0 bridgehead atoms. The molecule has 0 amide bonds. The molecule has 0 aliphatic heterocycles. The van der Waals surface area contributed by atoms with Crippen LogP contribution in [-0.2, 0) is 0 Å². The van der Waals surface area contributed by atoms with Gasteiger partial charge in [0.15, 0.2) is 0 Å². The summed E-state index contributed by atoms with van der Waals surface area (Å²) in [5, 5.41) is 10.1. The van der Waals surface area contributed by atoms with E-state index in [4.69, 9.17) is 13.2 Å². The summed E-state index contributed by atoms with van der Waals surface area (Å²) < 4.78 is 0. The molecule has 0 aromatic heterocycles.